The maximum atomic E-state index is 13.5. The Morgan fingerprint density at radius 1 is 0.446 bits per heavy atom. The molecule has 112 heavy (non-hydrogen) atoms. The second kappa shape index (κ2) is 46.6. The Morgan fingerprint density at radius 2 is 0.866 bits per heavy atom. The maximum Gasteiger partial charge on any atom is 0.246 e. The number of carbonyl (C=O) groups excluding carboxylic acids is 6. The average molecular weight is 1630 g/mol. The highest BCUT2D eigenvalue weighted by Gasteiger charge is 2.53. The van der Waals surface area contributed by atoms with Gasteiger partial charge in [0.25, 0.3) is 0 Å². The zero-order valence-corrected chi connectivity index (χ0v) is 63.5. The van der Waals surface area contributed by atoms with Crippen LogP contribution in [-0.4, -0.2) is 437 Å². The molecule has 640 valence electrons. The van der Waals surface area contributed by atoms with E-state index in [1.807, 2.05) is 43.9 Å². The van der Waals surface area contributed by atoms with Crippen LogP contribution in [0.4, 0.5) is 0 Å². The van der Waals surface area contributed by atoms with Crippen LogP contribution in [0.3, 0.4) is 0 Å². The van der Waals surface area contributed by atoms with Crippen molar-refractivity contribution in [2.75, 3.05) is 158 Å². The Balaban J connectivity index is 0.981. The predicted octanol–water partition coefficient (Wildman–Crippen LogP) is -13.7. The molecule has 5 heterocycles. The van der Waals surface area contributed by atoms with Gasteiger partial charge in [0.1, 0.15) is 123 Å². The SMILES string of the molecule is CCOCC1OC(OCC2OC(OCC3CC(OCC4OC(OCC5OC(OCC)C(O)C(O)C5O)C(OCC(=O)NCCN)C(O)C4O)C(O)C(O)C3O)C(OCC(=O)NCCNC(=S)Cc3ccc(CC4CN(CC(N)=O)CCN(CC(N)=O)CCN(CC(N)=O)CCN4CC(N)=O)cc3)C(O)C2O)C(O)C(O)C1O. The van der Waals surface area contributed by atoms with Crippen LogP contribution >= 0.6 is 12.2 Å². The molecule has 1 aromatic rings. The number of aliphatic hydroxyl groups excluding tert-OH is 13. The number of thiocarbonyl (C=S) groups is 1. The van der Waals surface area contributed by atoms with Gasteiger partial charge in [0.2, 0.25) is 35.4 Å². The summed E-state index contributed by atoms with van der Waals surface area (Å²) in [5, 5.41) is 152. The lowest BCUT2D eigenvalue weighted by atomic mass is 9.81. The number of benzene rings is 1. The molecule has 5 saturated heterocycles. The molecule has 5 aliphatic heterocycles. The summed E-state index contributed by atoms with van der Waals surface area (Å²) >= 11 is 5.66. The third-order valence-electron chi connectivity index (χ3n) is 19.9. The summed E-state index contributed by atoms with van der Waals surface area (Å²) < 4.78 is 69.6. The van der Waals surface area contributed by atoms with Crippen LogP contribution in [0.1, 0.15) is 31.4 Å². The largest absolute Gasteiger partial charge is 0.390 e. The third kappa shape index (κ3) is 28.2. The molecule has 0 aromatic heterocycles. The number of primary amides is 4. The highest BCUT2D eigenvalue weighted by Crippen LogP contribution is 2.34. The molecule has 44 heteroatoms. The van der Waals surface area contributed by atoms with Crippen LogP contribution in [0.5, 0.6) is 0 Å². The summed E-state index contributed by atoms with van der Waals surface area (Å²) in [4.78, 5) is 82.9. The quantitative estimate of drug-likeness (QED) is 0.0214. The fourth-order valence-electron chi connectivity index (χ4n) is 13.8. The van der Waals surface area contributed by atoms with Crippen molar-refractivity contribution >= 4 is 52.6 Å². The van der Waals surface area contributed by atoms with E-state index in [4.69, 9.17) is 97.7 Å². The number of nitrogens with one attached hydrogen (secondary N) is 3. The van der Waals surface area contributed by atoms with Gasteiger partial charge in [-0.1, -0.05) is 36.5 Å². The normalized spacial score (nSPS) is 35.0. The lowest BCUT2D eigenvalue weighted by Gasteiger charge is -2.45. The Hall–Kier alpha value is -5.27. The van der Waals surface area contributed by atoms with Crippen LogP contribution in [0.15, 0.2) is 24.3 Å². The van der Waals surface area contributed by atoms with Gasteiger partial charge in [-0.3, -0.25) is 48.4 Å². The molecule has 1 saturated carbocycles. The van der Waals surface area contributed by atoms with E-state index in [9.17, 15) is 95.2 Å². The second-order valence-electron chi connectivity index (χ2n) is 28.4. The highest BCUT2D eigenvalue weighted by molar-refractivity contribution is 7.80. The number of rotatable bonds is 40. The van der Waals surface area contributed by atoms with E-state index < -0.39 is 234 Å². The van der Waals surface area contributed by atoms with Crippen LogP contribution in [-0.2, 0) is 98.5 Å². The number of nitrogens with two attached hydrogens (primary N) is 5. The topological polar surface area (TPSA) is 655 Å². The molecular weight excluding hydrogens is 1510 g/mol. The Kier molecular flexibility index (Phi) is 39.1. The standard InChI is InChI=1S/C68H116N12O31S/c1-3-100-28-39-52(89)57(94)62(99)66(108-39)106-30-42-55(92)60(97)63(104-33-48(86)75-11-12-76-49(112)20-35-7-5-34(6-8-35)19-37-22-79(25-45(72)83)16-15-77(23-43(70)81)13-14-78(24-44(71)82)17-18-80(37)26-46(73)84)67(111-42)105-27-36-21-38(51(88)56(93)50(36)87)102-29-40-54(91)59(96)64(103-32-47(85)74-10-9-69)68(110-40)107-31-41-53(90)58(95)61(98)65(109-41)101-4-2/h5-8,36-42,50-68,87-99H,3-4,9-33,69H2,1-2H3,(H2,70,81)(H2,71,82)(H2,72,83)(H2,73,84)(H,74,85)(H,75,86)(H,76,112). The van der Waals surface area contributed by atoms with Crippen LogP contribution in [0.25, 0.3) is 0 Å². The number of aliphatic hydroxyl groups is 13. The molecular formula is C68H116N12O31S. The van der Waals surface area contributed by atoms with Crippen molar-refractivity contribution < 1.29 is 152 Å². The first-order chi connectivity index (χ1) is 53.3. The number of carbonyl (C=O) groups is 6. The van der Waals surface area contributed by atoms with E-state index in [0.29, 0.717) is 44.1 Å². The smallest absolute Gasteiger partial charge is 0.246 e. The van der Waals surface area contributed by atoms with Gasteiger partial charge < -0.3 is 168 Å². The van der Waals surface area contributed by atoms with E-state index in [1.54, 1.807) is 13.8 Å². The van der Waals surface area contributed by atoms with Crippen molar-refractivity contribution in [3.05, 3.63) is 35.4 Å². The molecule has 26 atom stereocenters. The van der Waals surface area contributed by atoms with Crippen molar-refractivity contribution in [3.63, 3.8) is 0 Å². The van der Waals surface area contributed by atoms with E-state index in [2.05, 4.69) is 16.0 Å². The molecule has 0 spiro atoms. The van der Waals surface area contributed by atoms with Crippen LogP contribution in [0, 0.1) is 5.92 Å². The number of nitrogens with zero attached hydrogens (tertiary/aromatic N) is 4. The van der Waals surface area contributed by atoms with Gasteiger partial charge in [0.15, 0.2) is 25.2 Å². The summed E-state index contributed by atoms with van der Waals surface area (Å²) in [6.45, 7) is 1.15. The van der Waals surface area contributed by atoms with Crippen LogP contribution < -0.4 is 44.6 Å². The third-order valence-corrected chi connectivity index (χ3v) is 20.2. The molecule has 6 fully saturated rings. The first kappa shape index (κ1) is 93.9. The van der Waals surface area contributed by atoms with Gasteiger partial charge in [0, 0.05) is 104 Å². The van der Waals surface area contributed by atoms with Crippen molar-refractivity contribution in [1.29, 1.82) is 0 Å². The minimum Gasteiger partial charge on any atom is -0.390 e. The fourth-order valence-corrected chi connectivity index (χ4v) is 14.0. The first-order valence-electron chi connectivity index (χ1n) is 37.3. The summed E-state index contributed by atoms with van der Waals surface area (Å²) in [6.07, 6.45) is -40.3. The molecule has 0 radical (unpaired) electrons. The van der Waals surface area contributed by atoms with Crippen molar-refractivity contribution in [3.8, 4) is 0 Å². The van der Waals surface area contributed by atoms with Gasteiger partial charge in [-0.05, 0) is 37.8 Å². The molecule has 43 nitrogen and oxygen atoms in total. The summed E-state index contributed by atoms with van der Waals surface area (Å²) in [7, 11) is 0. The zero-order chi connectivity index (χ0) is 82.0. The second-order valence-corrected chi connectivity index (χ2v) is 28.9. The first-order valence-corrected chi connectivity index (χ1v) is 37.7. The van der Waals surface area contributed by atoms with Gasteiger partial charge in [-0.25, -0.2) is 0 Å². The molecule has 7 rings (SSSR count). The number of amides is 6. The number of hydrogen-bond donors (Lipinski definition) is 21. The monoisotopic (exact) mass is 1630 g/mol. The maximum absolute atomic E-state index is 13.5. The molecule has 26 unspecified atom stereocenters. The van der Waals surface area contributed by atoms with E-state index in [1.165, 1.54) is 0 Å². The Bertz CT molecular complexity index is 3070. The van der Waals surface area contributed by atoms with Crippen LogP contribution in [0.2, 0.25) is 0 Å². The Labute approximate surface area is 651 Å². The summed E-state index contributed by atoms with van der Waals surface area (Å²) in [5.41, 5.74) is 29.8. The summed E-state index contributed by atoms with van der Waals surface area (Å²) in [6, 6.07) is 7.08. The number of ether oxygens (including phenoxy) is 12. The highest BCUT2D eigenvalue weighted by atomic mass is 32.1. The van der Waals surface area contributed by atoms with E-state index in [0.717, 1.165) is 11.1 Å². The average Bonchev–Trinajstić information content (AvgIpc) is 0.792. The molecule has 1 aromatic carbocycles. The van der Waals surface area contributed by atoms with Gasteiger partial charge >= 0.3 is 0 Å². The van der Waals surface area contributed by atoms with Crippen molar-refractivity contribution in [2.45, 2.75) is 186 Å². The molecule has 26 N–H and O–H groups in total. The minimum atomic E-state index is -1.95. The summed E-state index contributed by atoms with van der Waals surface area (Å²) in [5.74, 6) is -4.92. The lowest BCUT2D eigenvalue weighted by Crippen LogP contribution is -2.63. The lowest BCUT2D eigenvalue weighted by molar-refractivity contribution is -0.338. The fraction of sp³-hybridized carbons (Fsp3) is 0.809. The predicted molar refractivity (Wildman–Crippen MR) is 387 cm³/mol. The molecule has 6 amide bonds. The number of hydrogen-bond acceptors (Lipinski definition) is 37. The van der Waals surface area contributed by atoms with Gasteiger partial charge in [0.05, 0.1) is 76.4 Å². The molecule has 6 aliphatic rings. The van der Waals surface area contributed by atoms with Crippen molar-refractivity contribution in [1.82, 2.24) is 35.6 Å². The molecule has 1 aliphatic carbocycles. The van der Waals surface area contributed by atoms with Crippen molar-refractivity contribution in [2.24, 2.45) is 34.6 Å². The molecule has 0 bridgehead atoms. The van der Waals surface area contributed by atoms with E-state index in [-0.39, 0.29) is 98.1 Å². The zero-order valence-electron chi connectivity index (χ0n) is 62.7. The minimum absolute atomic E-state index is 0.0177. The van der Waals surface area contributed by atoms with Gasteiger partial charge in [-0.15, -0.1) is 0 Å². The van der Waals surface area contributed by atoms with E-state index >= 15 is 0 Å². The Morgan fingerprint density at radius 3 is 1.38 bits per heavy atom. The van der Waals surface area contributed by atoms with Gasteiger partial charge in [-0.2, -0.15) is 0 Å².